The van der Waals surface area contributed by atoms with Crippen molar-refractivity contribution in [1.29, 1.82) is 5.41 Å². The van der Waals surface area contributed by atoms with Gasteiger partial charge in [-0.15, -0.1) is 0 Å². The molecule has 0 unspecified atom stereocenters. The average Bonchev–Trinajstić information content (AvgIpc) is 3.33. The Morgan fingerprint density at radius 1 is 1.18 bits per heavy atom. The maximum absolute atomic E-state index is 13.9. The van der Waals surface area contributed by atoms with Gasteiger partial charge in [0.2, 0.25) is 0 Å². The molecule has 1 aliphatic heterocycles. The molecule has 0 aliphatic carbocycles. The van der Waals surface area contributed by atoms with Crippen LogP contribution in [-0.2, 0) is 0 Å². The van der Waals surface area contributed by atoms with Crippen LogP contribution in [-0.4, -0.2) is 46.8 Å². The van der Waals surface area contributed by atoms with Crippen LogP contribution >= 0.6 is 23.5 Å². The molecule has 7 nitrogen and oxygen atoms in total. The molecule has 0 spiro atoms. The van der Waals surface area contributed by atoms with Crippen LogP contribution in [0.1, 0.15) is 25.3 Å². The Balaban J connectivity index is 1.48. The van der Waals surface area contributed by atoms with Gasteiger partial charge in [0.15, 0.2) is 5.82 Å². The Morgan fingerprint density at radius 2 is 1.91 bits per heavy atom. The zero-order chi connectivity index (χ0) is 24.1. The average molecular weight is 500 g/mol. The monoisotopic (exact) mass is 499 g/mol. The fourth-order valence-corrected chi connectivity index (χ4v) is 4.75. The van der Waals surface area contributed by atoms with Gasteiger partial charge < -0.3 is 26.1 Å². The highest BCUT2D eigenvalue weighted by molar-refractivity contribution is 8.00. The van der Waals surface area contributed by atoms with Gasteiger partial charge >= 0.3 is 0 Å². The predicted octanol–water partition coefficient (Wildman–Crippen LogP) is 5.53. The van der Waals surface area contributed by atoms with Crippen LogP contribution in [0.3, 0.4) is 0 Å². The van der Waals surface area contributed by atoms with E-state index in [4.69, 9.17) is 22.7 Å². The summed E-state index contributed by atoms with van der Waals surface area (Å²) in [5.74, 6) is 0.985. The van der Waals surface area contributed by atoms with Gasteiger partial charge in [0.25, 0.3) is 0 Å². The van der Waals surface area contributed by atoms with E-state index in [-0.39, 0.29) is 11.6 Å². The fraction of sp³-hybridized carbons (Fsp3) is 0.292. The first kappa shape index (κ1) is 24.3. The van der Waals surface area contributed by atoms with E-state index in [2.05, 4.69) is 24.9 Å². The summed E-state index contributed by atoms with van der Waals surface area (Å²) < 4.78 is 17.0. The molecule has 1 aromatic heterocycles. The molecule has 0 saturated carbocycles. The van der Waals surface area contributed by atoms with E-state index >= 15 is 0 Å². The summed E-state index contributed by atoms with van der Waals surface area (Å²) in [6.07, 6.45) is 2.49. The minimum absolute atomic E-state index is 0.273. The number of aromatic nitrogens is 2. The van der Waals surface area contributed by atoms with Gasteiger partial charge in [0.1, 0.15) is 17.5 Å². The molecular weight excluding hydrogens is 473 g/mol. The molecule has 2 aromatic carbocycles. The van der Waals surface area contributed by atoms with Crippen LogP contribution in [0.15, 0.2) is 47.4 Å². The lowest BCUT2D eigenvalue weighted by molar-refractivity contribution is 0.352. The first-order valence-electron chi connectivity index (χ1n) is 11.1. The minimum Gasteiger partial charge on any atom is -0.383 e. The first-order valence-corrected chi connectivity index (χ1v) is 12.3. The van der Waals surface area contributed by atoms with Gasteiger partial charge in [-0.2, -0.15) is 0 Å². The van der Waals surface area contributed by atoms with Crippen molar-refractivity contribution in [1.82, 2.24) is 14.9 Å². The second kappa shape index (κ2) is 11.0. The normalized spacial score (nSPS) is 13.7. The lowest BCUT2D eigenvalue weighted by atomic mass is 10.1. The number of hydrogen-bond acceptors (Lipinski definition) is 8. The summed E-state index contributed by atoms with van der Waals surface area (Å²) in [6, 6.07) is 11.9. The molecule has 3 aromatic rings. The summed E-state index contributed by atoms with van der Waals surface area (Å²) in [5, 5.41) is 11.9. The number of halogens is 2. The number of benzene rings is 2. The van der Waals surface area contributed by atoms with E-state index in [1.54, 1.807) is 13.0 Å². The summed E-state index contributed by atoms with van der Waals surface area (Å²) in [7, 11) is 0. The summed E-state index contributed by atoms with van der Waals surface area (Å²) in [4.78, 5) is 11.9. The second-order valence-corrected chi connectivity index (χ2v) is 9.40. The third-order valence-electron chi connectivity index (χ3n) is 5.55. The van der Waals surface area contributed by atoms with Crippen molar-refractivity contribution in [3.05, 3.63) is 58.9 Å². The zero-order valence-corrected chi connectivity index (χ0v) is 20.4. The third-order valence-corrected chi connectivity index (χ3v) is 6.65. The Morgan fingerprint density at radius 3 is 2.62 bits per heavy atom. The van der Waals surface area contributed by atoms with E-state index in [1.807, 2.05) is 24.3 Å². The molecule has 2 heterocycles. The smallest absolute Gasteiger partial charge is 0.163 e. The Hall–Kier alpha value is -2.88. The molecular formula is C24H27ClFN7S. The van der Waals surface area contributed by atoms with Gasteiger partial charge in [-0.05, 0) is 87.3 Å². The molecule has 0 atom stereocenters. The second-order valence-electron chi connectivity index (χ2n) is 8.11. The zero-order valence-electron chi connectivity index (χ0n) is 18.9. The molecule has 34 heavy (non-hydrogen) atoms. The molecule has 0 bridgehead atoms. The number of nitrogen functional groups attached to an aromatic ring is 1. The summed E-state index contributed by atoms with van der Waals surface area (Å²) in [6.45, 7) is 5.56. The van der Waals surface area contributed by atoms with Crippen molar-refractivity contribution >= 4 is 46.6 Å². The van der Waals surface area contributed by atoms with E-state index < -0.39 is 0 Å². The maximum atomic E-state index is 13.9. The fourth-order valence-electron chi connectivity index (χ4n) is 3.80. The molecule has 1 fully saturated rings. The summed E-state index contributed by atoms with van der Waals surface area (Å²) in [5.41, 5.74) is 8.64. The molecule has 5 N–H and O–H groups in total. The number of nitrogens with one attached hydrogen (secondary N) is 3. The number of rotatable bonds is 9. The van der Waals surface area contributed by atoms with Gasteiger partial charge in [-0.1, -0.05) is 11.6 Å². The SMILES string of the molecule is CC(=N)c1c(N)nc(-c2ccc(NSc3cc(Cl)ccc3F)cc2)nc1NCCN1CCCC1. The number of anilines is 3. The van der Waals surface area contributed by atoms with E-state index in [1.165, 1.54) is 25.0 Å². The largest absolute Gasteiger partial charge is 0.383 e. The Labute approximate surface area is 208 Å². The summed E-state index contributed by atoms with van der Waals surface area (Å²) >= 11 is 7.10. The number of nitrogens with two attached hydrogens (primary N) is 1. The van der Waals surface area contributed by atoms with E-state index in [0.29, 0.717) is 32.8 Å². The van der Waals surface area contributed by atoms with E-state index in [9.17, 15) is 4.39 Å². The van der Waals surface area contributed by atoms with Crippen molar-refractivity contribution in [2.45, 2.75) is 24.7 Å². The van der Waals surface area contributed by atoms with Crippen LogP contribution in [0.25, 0.3) is 11.4 Å². The van der Waals surface area contributed by atoms with Crippen LogP contribution in [0.5, 0.6) is 0 Å². The molecule has 178 valence electrons. The Kier molecular flexibility index (Phi) is 7.87. The van der Waals surface area contributed by atoms with Crippen LogP contribution in [0, 0.1) is 11.2 Å². The topological polar surface area (TPSA) is 103 Å². The van der Waals surface area contributed by atoms with Crippen molar-refractivity contribution in [3.8, 4) is 11.4 Å². The van der Waals surface area contributed by atoms with E-state index in [0.717, 1.165) is 49.4 Å². The predicted molar refractivity (Wildman–Crippen MR) is 139 cm³/mol. The van der Waals surface area contributed by atoms with Crippen molar-refractivity contribution in [3.63, 3.8) is 0 Å². The molecule has 1 aliphatic rings. The molecule has 0 amide bonds. The van der Waals surface area contributed by atoms with Crippen LogP contribution in [0.2, 0.25) is 5.02 Å². The maximum Gasteiger partial charge on any atom is 0.163 e. The van der Waals surface area contributed by atoms with Gasteiger partial charge in [0.05, 0.1) is 10.5 Å². The highest BCUT2D eigenvalue weighted by atomic mass is 35.5. The van der Waals surface area contributed by atoms with Crippen LogP contribution in [0.4, 0.5) is 21.7 Å². The molecule has 10 heteroatoms. The Bertz CT molecular complexity index is 1170. The highest BCUT2D eigenvalue weighted by Crippen LogP contribution is 2.29. The minimum atomic E-state index is -0.339. The standard InChI is InChI=1S/C24H27ClFN7S/c1-15(27)21-22(28)30-23(31-24(21)29-10-13-33-11-2-3-12-33)16-4-7-18(8-5-16)32-34-20-14-17(25)6-9-19(20)26/h4-9,14,27,32H,2-3,10-13H2,1H3,(H3,28,29,30,31). The lowest BCUT2D eigenvalue weighted by Gasteiger charge is -2.17. The van der Waals surface area contributed by atoms with Gasteiger partial charge in [0, 0.05) is 35.1 Å². The van der Waals surface area contributed by atoms with Gasteiger partial charge in [-0.25, -0.2) is 14.4 Å². The van der Waals surface area contributed by atoms with Crippen LogP contribution < -0.4 is 15.8 Å². The third kappa shape index (κ3) is 5.97. The highest BCUT2D eigenvalue weighted by Gasteiger charge is 2.17. The first-order chi connectivity index (χ1) is 16.4. The lowest BCUT2D eigenvalue weighted by Crippen LogP contribution is -2.26. The number of likely N-dealkylation sites (tertiary alicyclic amines) is 1. The molecule has 1 saturated heterocycles. The quantitative estimate of drug-likeness (QED) is 0.226. The van der Waals surface area contributed by atoms with Crippen molar-refractivity contribution < 1.29 is 4.39 Å². The molecule has 4 rings (SSSR count). The van der Waals surface area contributed by atoms with Gasteiger partial charge in [-0.3, -0.25) is 0 Å². The number of hydrogen-bond donors (Lipinski definition) is 4. The molecule has 0 radical (unpaired) electrons. The van der Waals surface area contributed by atoms with Crippen molar-refractivity contribution in [2.24, 2.45) is 0 Å². The van der Waals surface area contributed by atoms with Crippen molar-refractivity contribution in [2.75, 3.05) is 42.0 Å². The number of nitrogens with zero attached hydrogens (tertiary/aromatic N) is 3.